The molecule has 0 bridgehead atoms. The summed E-state index contributed by atoms with van der Waals surface area (Å²) in [6, 6.07) is 4.64. The minimum absolute atomic E-state index is 0.0131. The SMILES string of the molecule is O=C(Cl)CC[C@H](NS(=O)(=O)c1ccc(Br)cc1)C(=O)Cl. The Bertz CT molecular complexity index is 603. The molecule has 0 fully saturated rings. The molecule has 110 valence electrons. The number of hydrogen-bond donors (Lipinski definition) is 1. The van der Waals surface area contributed by atoms with Crippen LogP contribution in [0.5, 0.6) is 0 Å². The van der Waals surface area contributed by atoms with Gasteiger partial charge in [-0.05, 0) is 53.9 Å². The van der Waals surface area contributed by atoms with Crippen molar-refractivity contribution < 1.29 is 18.0 Å². The van der Waals surface area contributed by atoms with E-state index in [1.54, 1.807) is 12.1 Å². The Morgan fingerprint density at radius 3 is 2.20 bits per heavy atom. The van der Waals surface area contributed by atoms with Gasteiger partial charge in [0.05, 0.1) is 10.9 Å². The van der Waals surface area contributed by atoms with Crippen LogP contribution in [0.2, 0.25) is 0 Å². The molecule has 1 atom stereocenters. The van der Waals surface area contributed by atoms with E-state index in [1.165, 1.54) is 12.1 Å². The highest BCUT2D eigenvalue weighted by Gasteiger charge is 2.24. The zero-order valence-corrected chi connectivity index (χ0v) is 13.9. The highest BCUT2D eigenvalue weighted by Crippen LogP contribution is 2.16. The average Bonchev–Trinajstić information content (AvgIpc) is 2.34. The minimum Gasteiger partial charge on any atom is -0.281 e. The van der Waals surface area contributed by atoms with Gasteiger partial charge in [-0.3, -0.25) is 9.59 Å². The van der Waals surface area contributed by atoms with Crippen LogP contribution < -0.4 is 4.72 Å². The molecule has 5 nitrogen and oxygen atoms in total. The van der Waals surface area contributed by atoms with Gasteiger partial charge in [-0.25, -0.2) is 8.42 Å². The van der Waals surface area contributed by atoms with E-state index in [2.05, 4.69) is 20.7 Å². The first-order chi connectivity index (χ1) is 9.22. The molecule has 0 heterocycles. The van der Waals surface area contributed by atoms with Crippen LogP contribution in [0.15, 0.2) is 33.6 Å². The third-order valence-corrected chi connectivity index (χ3v) is 4.79. The second-order valence-electron chi connectivity index (χ2n) is 3.83. The van der Waals surface area contributed by atoms with Crippen molar-refractivity contribution in [3.63, 3.8) is 0 Å². The molecule has 0 aliphatic carbocycles. The minimum atomic E-state index is -3.90. The summed E-state index contributed by atoms with van der Waals surface area (Å²) in [5.74, 6) is 0. The maximum atomic E-state index is 12.0. The number of nitrogens with one attached hydrogen (secondary N) is 1. The molecule has 1 N–H and O–H groups in total. The number of halogens is 3. The van der Waals surface area contributed by atoms with Crippen molar-refractivity contribution >= 4 is 59.6 Å². The van der Waals surface area contributed by atoms with Crippen molar-refractivity contribution in [2.24, 2.45) is 0 Å². The highest BCUT2D eigenvalue weighted by atomic mass is 79.9. The summed E-state index contributed by atoms with van der Waals surface area (Å²) in [5.41, 5.74) is 0. The standard InChI is InChI=1S/C11H10BrCl2NO4S/c12-7-1-3-8(4-2-7)20(18,19)15-9(11(14)17)5-6-10(13)16/h1-4,9,15H,5-6H2/t9-/m0/s1. The lowest BCUT2D eigenvalue weighted by Crippen LogP contribution is -2.39. The van der Waals surface area contributed by atoms with Gasteiger partial charge in [0, 0.05) is 10.9 Å². The maximum Gasteiger partial charge on any atom is 0.241 e. The van der Waals surface area contributed by atoms with E-state index in [0.717, 1.165) is 0 Å². The van der Waals surface area contributed by atoms with Crippen LogP contribution in [0.25, 0.3) is 0 Å². The molecule has 0 aliphatic rings. The van der Waals surface area contributed by atoms with Crippen LogP contribution in [-0.2, 0) is 19.6 Å². The number of sulfonamides is 1. The fraction of sp³-hybridized carbons (Fsp3) is 0.273. The van der Waals surface area contributed by atoms with E-state index in [0.29, 0.717) is 4.47 Å². The van der Waals surface area contributed by atoms with Gasteiger partial charge in [-0.1, -0.05) is 15.9 Å². The molecule has 0 unspecified atom stereocenters. The zero-order chi connectivity index (χ0) is 15.3. The summed E-state index contributed by atoms with van der Waals surface area (Å²) in [7, 11) is -3.90. The molecular weight excluding hydrogens is 393 g/mol. The van der Waals surface area contributed by atoms with E-state index in [4.69, 9.17) is 23.2 Å². The van der Waals surface area contributed by atoms with Crippen molar-refractivity contribution in [2.75, 3.05) is 0 Å². The normalized spacial score (nSPS) is 12.9. The molecule has 1 aromatic rings. The predicted molar refractivity (Wildman–Crippen MR) is 79.2 cm³/mol. The van der Waals surface area contributed by atoms with Crippen molar-refractivity contribution in [1.29, 1.82) is 0 Å². The van der Waals surface area contributed by atoms with Gasteiger partial charge >= 0.3 is 0 Å². The third-order valence-electron chi connectivity index (χ3n) is 2.32. The monoisotopic (exact) mass is 401 g/mol. The zero-order valence-electron chi connectivity index (χ0n) is 9.98. The van der Waals surface area contributed by atoms with Gasteiger partial charge in [0.25, 0.3) is 0 Å². The number of carbonyl (C=O) groups excluding carboxylic acids is 2. The van der Waals surface area contributed by atoms with Crippen LogP contribution in [0.3, 0.4) is 0 Å². The first-order valence-electron chi connectivity index (χ1n) is 5.38. The summed E-state index contributed by atoms with van der Waals surface area (Å²) in [4.78, 5) is 21.9. The van der Waals surface area contributed by atoms with Crippen molar-refractivity contribution in [3.05, 3.63) is 28.7 Å². The fourth-order valence-electron chi connectivity index (χ4n) is 1.35. The summed E-state index contributed by atoms with van der Waals surface area (Å²) in [6.07, 6.45) is -0.256. The number of rotatable bonds is 7. The molecule has 0 aromatic heterocycles. The van der Waals surface area contributed by atoms with E-state index in [9.17, 15) is 18.0 Å². The molecule has 0 aliphatic heterocycles. The summed E-state index contributed by atoms with van der Waals surface area (Å²) in [5, 5.41) is -1.57. The molecule has 1 rings (SSSR count). The molecule has 1 aromatic carbocycles. The molecule has 0 saturated carbocycles. The Labute approximate surface area is 134 Å². The predicted octanol–water partition coefficient (Wildman–Crippen LogP) is 2.41. The average molecular weight is 403 g/mol. The molecular formula is C11H10BrCl2NO4S. The fourth-order valence-corrected chi connectivity index (χ4v) is 3.18. The summed E-state index contributed by atoms with van der Waals surface area (Å²) < 4.78 is 27.0. The Hall–Kier alpha value is -0.470. The maximum absolute atomic E-state index is 12.0. The van der Waals surface area contributed by atoms with Crippen LogP contribution in [-0.4, -0.2) is 24.9 Å². The Morgan fingerprint density at radius 2 is 1.75 bits per heavy atom. The largest absolute Gasteiger partial charge is 0.281 e. The first kappa shape index (κ1) is 17.6. The van der Waals surface area contributed by atoms with Crippen LogP contribution >= 0.6 is 39.1 Å². The Kier molecular flexibility index (Phi) is 6.60. The first-order valence-corrected chi connectivity index (χ1v) is 8.41. The molecule has 0 radical (unpaired) electrons. The highest BCUT2D eigenvalue weighted by molar-refractivity contribution is 9.10. The lowest BCUT2D eigenvalue weighted by molar-refractivity contribution is -0.114. The molecule has 0 saturated heterocycles. The van der Waals surface area contributed by atoms with Crippen LogP contribution in [0.1, 0.15) is 12.8 Å². The Morgan fingerprint density at radius 1 is 1.20 bits per heavy atom. The van der Waals surface area contributed by atoms with Gasteiger partial charge in [0.1, 0.15) is 0 Å². The van der Waals surface area contributed by atoms with Gasteiger partial charge in [0.15, 0.2) is 0 Å². The van der Waals surface area contributed by atoms with Crippen LogP contribution in [0.4, 0.5) is 0 Å². The lowest BCUT2D eigenvalue weighted by Gasteiger charge is -2.14. The lowest BCUT2D eigenvalue weighted by atomic mass is 10.2. The second-order valence-corrected chi connectivity index (χ2v) is 7.25. The molecule has 0 amide bonds. The van der Waals surface area contributed by atoms with Gasteiger partial charge in [-0.15, -0.1) is 0 Å². The van der Waals surface area contributed by atoms with E-state index < -0.39 is 26.5 Å². The van der Waals surface area contributed by atoms with Crippen molar-refractivity contribution in [3.8, 4) is 0 Å². The van der Waals surface area contributed by atoms with E-state index in [1.807, 2.05) is 0 Å². The smallest absolute Gasteiger partial charge is 0.241 e. The number of hydrogen-bond acceptors (Lipinski definition) is 4. The Balaban J connectivity index is 2.88. The quantitative estimate of drug-likeness (QED) is 0.710. The van der Waals surface area contributed by atoms with E-state index in [-0.39, 0.29) is 17.7 Å². The van der Waals surface area contributed by atoms with Gasteiger partial charge in [-0.2, -0.15) is 4.72 Å². The number of benzene rings is 1. The van der Waals surface area contributed by atoms with Gasteiger partial charge in [0.2, 0.25) is 20.5 Å². The summed E-state index contributed by atoms with van der Waals surface area (Å²) >= 11 is 13.7. The topological polar surface area (TPSA) is 80.3 Å². The van der Waals surface area contributed by atoms with Crippen molar-refractivity contribution in [2.45, 2.75) is 23.8 Å². The number of carbonyl (C=O) groups is 2. The molecule has 20 heavy (non-hydrogen) atoms. The van der Waals surface area contributed by atoms with Crippen molar-refractivity contribution in [1.82, 2.24) is 4.72 Å². The molecule has 0 spiro atoms. The second kappa shape index (κ2) is 7.51. The van der Waals surface area contributed by atoms with Crippen LogP contribution in [0, 0.1) is 0 Å². The molecule has 9 heteroatoms. The van der Waals surface area contributed by atoms with Gasteiger partial charge < -0.3 is 0 Å². The van der Waals surface area contributed by atoms with E-state index >= 15 is 0 Å². The third kappa shape index (κ3) is 5.49. The summed E-state index contributed by atoms with van der Waals surface area (Å²) in [6.45, 7) is 0.